The van der Waals surface area contributed by atoms with E-state index in [-0.39, 0.29) is 5.91 Å². The van der Waals surface area contributed by atoms with Gasteiger partial charge in [0.05, 0.1) is 6.33 Å². The molecule has 1 amide bonds. The molecule has 4 rings (SSSR count). The van der Waals surface area contributed by atoms with Crippen molar-refractivity contribution in [2.45, 2.75) is 23.6 Å². The number of carbonyl (C=O) groups is 1. The summed E-state index contributed by atoms with van der Waals surface area (Å²) in [6.07, 6.45) is 5.45. The summed E-state index contributed by atoms with van der Waals surface area (Å²) in [4.78, 5) is 21.1. The number of imidazole rings is 1. The molecule has 0 unspecified atom stereocenters. The van der Waals surface area contributed by atoms with Crippen molar-refractivity contribution in [1.82, 2.24) is 14.5 Å². The summed E-state index contributed by atoms with van der Waals surface area (Å²) < 4.78 is 3.06. The predicted molar refractivity (Wildman–Crippen MR) is 119 cm³/mol. The maximum Gasteiger partial charge on any atom is 0.255 e. The Hall–Kier alpha value is -2.90. The van der Waals surface area contributed by atoms with Gasteiger partial charge in [0.2, 0.25) is 0 Å². The van der Waals surface area contributed by atoms with Crippen LogP contribution in [0.1, 0.15) is 27.2 Å². The number of hydrogen-bond donors (Lipinski definition) is 1. The first kappa shape index (κ1) is 19.4. The predicted octanol–water partition coefficient (Wildman–Crippen LogP) is 5.24. The van der Waals surface area contributed by atoms with Crippen LogP contribution in [-0.4, -0.2) is 20.4 Å². The number of rotatable bonds is 7. The highest BCUT2D eigenvalue weighted by molar-refractivity contribution is 8.00. The molecule has 146 valence electrons. The lowest BCUT2D eigenvalue weighted by Gasteiger charge is -2.09. The molecule has 0 radical (unpaired) electrons. The molecule has 2 aromatic heterocycles. The van der Waals surface area contributed by atoms with Crippen molar-refractivity contribution in [3.63, 3.8) is 0 Å². The van der Waals surface area contributed by atoms with Gasteiger partial charge in [-0.3, -0.25) is 4.79 Å². The van der Waals surface area contributed by atoms with Crippen molar-refractivity contribution >= 4 is 34.7 Å². The summed E-state index contributed by atoms with van der Waals surface area (Å²) in [5.41, 5.74) is 4.75. The zero-order valence-corrected chi connectivity index (χ0v) is 17.5. The molecule has 0 aliphatic rings. The second kappa shape index (κ2) is 9.07. The van der Waals surface area contributed by atoms with E-state index in [0.717, 1.165) is 27.0 Å². The topological polar surface area (TPSA) is 59.8 Å². The van der Waals surface area contributed by atoms with Crippen LogP contribution >= 0.6 is 23.1 Å². The Morgan fingerprint density at radius 3 is 2.76 bits per heavy atom. The maximum absolute atomic E-state index is 12.6. The quantitative estimate of drug-likeness (QED) is 0.415. The molecule has 29 heavy (non-hydrogen) atoms. The third-order valence-corrected chi connectivity index (χ3v) is 6.50. The Labute approximate surface area is 177 Å². The highest BCUT2D eigenvalue weighted by Gasteiger charge is 2.08. The molecule has 0 saturated carbocycles. The van der Waals surface area contributed by atoms with E-state index in [1.807, 2.05) is 66.2 Å². The Morgan fingerprint density at radius 2 is 2.03 bits per heavy atom. The van der Waals surface area contributed by atoms with Crippen molar-refractivity contribution in [1.29, 1.82) is 0 Å². The second-order valence-electron chi connectivity index (χ2n) is 6.63. The van der Waals surface area contributed by atoms with Crippen molar-refractivity contribution in [3.8, 4) is 0 Å². The third-order valence-electron chi connectivity index (χ3n) is 4.29. The second-order valence-corrected chi connectivity index (χ2v) is 8.71. The maximum atomic E-state index is 12.6. The number of anilines is 1. The number of thioether (sulfide) groups is 1. The molecule has 0 aliphatic carbocycles. The minimum atomic E-state index is -0.112. The van der Waals surface area contributed by atoms with Gasteiger partial charge in [0.15, 0.2) is 0 Å². The van der Waals surface area contributed by atoms with Gasteiger partial charge in [-0.25, -0.2) is 9.97 Å². The van der Waals surface area contributed by atoms with Crippen LogP contribution in [0.3, 0.4) is 0 Å². The summed E-state index contributed by atoms with van der Waals surface area (Å²) in [5.74, 6) is 0.727. The van der Waals surface area contributed by atoms with Crippen LogP contribution in [-0.2, 0) is 12.3 Å². The third kappa shape index (κ3) is 5.34. The van der Waals surface area contributed by atoms with Gasteiger partial charge in [0.25, 0.3) is 5.91 Å². The van der Waals surface area contributed by atoms with Crippen molar-refractivity contribution < 1.29 is 4.79 Å². The number of carbonyl (C=O) groups excluding carboxylic acids is 1. The van der Waals surface area contributed by atoms with E-state index in [1.54, 1.807) is 35.6 Å². The van der Waals surface area contributed by atoms with E-state index in [1.165, 1.54) is 5.56 Å². The first-order chi connectivity index (χ1) is 14.2. The fourth-order valence-electron chi connectivity index (χ4n) is 2.84. The molecule has 2 aromatic carbocycles. The van der Waals surface area contributed by atoms with Gasteiger partial charge in [-0.2, -0.15) is 0 Å². The largest absolute Gasteiger partial charge is 0.333 e. The van der Waals surface area contributed by atoms with Crippen molar-refractivity contribution in [2.75, 3.05) is 5.32 Å². The first-order valence-corrected chi connectivity index (χ1v) is 11.0. The summed E-state index contributed by atoms with van der Waals surface area (Å²) in [6, 6.07) is 15.6. The zero-order valence-electron chi connectivity index (χ0n) is 15.9. The molecule has 7 heteroatoms. The number of aromatic nitrogens is 3. The van der Waals surface area contributed by atoms with E-state index in [4.69, 9.17) is 0 Å². The molecular formula is C22H20N4OS2. The van der Waals surface area contributed by atoms with E-state index in [2.05, 4.69) is 20.7 Å². The summed E-state index contributed by atoms with van der Waals surface area (Å²) in [7, 11) is 0. The average molecular weight is 421 g/mol. The lowest BCUT2D eigenvalue weighted by atomic mass is 10.1. The van der Waals surface area contributed by atoms with Gasteiger partial charge in [-0.1, -0.05) is 36.0 Å². The SMILES string of the molecule is Cc1csc(SCc2ccc(C(=O)Nc3cccc(Cn4ccnc4)c3)cc2)n1. The number of hydrogen-bond acceptors (Lipinski definition) is 5. The van der Waals surface area contributed by atoms with Gasteiger partial charge in [0.1, 0.15) is 4.34 Å². The number of aryl methyl sites for hydroxylation is 1. The number of amides is 1. The molecular weight excluding hydrogens is 400 g/mol. The van der Waals surface area contributed by atoms with Gasteiger partial charge in [0, 0.05) is 47.0 Å². The number of benzene rings is 2. The van der Waals surface area contributed by atoms with E-state index < -0.39 is 0 Å². The minimum absolute atomic E-state index is 0.112. The molecule has 0 fully saturated rings. The zero-order chi connectivity index (χ0) is 20.1. The molecule has 0 saturated heterocycles. The molecule has 2 heterocycles. The van der Waals surface area contributed by atoms with Crippen LogP contribution in [0.2, 0.25) is 0 Å². The van der Waals surface area contributed by atoms with Crippen LogP contribution < -0.4 is 5.32 Å². The number of nitrogens with zero attached hydrogens (tertiary/aromatic N) is 3. The van der Waals surface area contributed by atoms with Crippen LogP contribution in [0, 0.1) is 6.92 Å². The molecule has 0 spiro atoms. The fourth-order valence-corrected chi connectivity index (χ4v) is 4.64. The van der Waals surface area contributed by atoms with Crippen LogP contribution in [0.4, 0.5) is 5.69 Å². The van der Waals surface area contributed by atoms with E-state index in [0.29, 0.717) is 12.1 Å². The molecule has 0 bridgehead atoms. The smallest absolute Gasteiger partial charge is 0.255 e. The molecule has 4 aromatic rings. The first-order valence-electron chi connectivity index (χ1n) is 9.15. The average Bonchev–Trinajstić information content (AvgIpc) is 3.39. The lowest BCUT2D eigenvalue weighted by molar-refractivity contribution is 0.102. The van der Waals surface area contributed by atoms with E-state index in [9.17, 15) is 4.79 Å². The van der Waals surface area contributed by atoms with Gasteiger partial charge >= 0.3 is 0 Å². The number of nitrogens with one attached hydrogen (secondary N) is 1. The molecule has 0 atom stereocenters. The van der Waals surface area contributed by atoms with Crippen LogP contribution in [0.15, 0.2) is 77.0 Å². The molecule has 0 aliphatic heterocycles. The minimum Gasteiger partial charge on any atom is -0.333 e. The Balaban J connectivity index is 1.35. The normalized spacial score (nSPS) is 10.8. The summed E-state index contributed by atoms with van der Waals surface area (Å²) in [6.45, 7) is 2.72. The van der Waals surface area contributed by atoms with Crippen LogP contribution in [0.5, 0.6) is 0 Å². The van der Waals surface area contributed by atoms with E-state index >= 15 is 0 Å². The van der Waals surface area contributed by atoms with Crippen molar-refractivity contribution in [3.05, 3.63) is 95.0 Å². The Morgan fingerprint density at radius 1 is 1.17 bits per heavy atom. The lowest BCUT2D eigenvalue weighted by Crippen LogP contribution is -2.12. The Bertz CT molecular complexity index is 1090. The van der Waals surface area contributed by atoms with Crippen LogP contribution in [0.25, 0.3) is 0 Å². The van der Waals surface area contributed by atoms with Crippen molar-refractivity contribution in [2.24, 2.45) is 0 Å². The van der Waals surface area contributed by atoms with Gasteiger partial charge < -0.3 is 9.88 Å². The number of thiazole rings is 1. The standard InChI is InChI=1S/C22H20N4OS2/c1-16-13-28-22(24-16)29-14-17-5-7-19(8-6-17)21(27)25-20-4-2-3-18(11-20)12-26-10-9-23-15-26/h2-11,13,15H,12,14H2,1H3,(H,25,27). The molecule has 1 N–H and O–H groups in total. The Kier molecular flexibility index (Phi) is 6.07. The highest BCUT2D eigenvalue weighted by atomic mass is 32.2. The molecule has 5 nitrogen and oxygen atoms in total. The highest BCUT2D eigenvalue weighted by Crippen LogP contribution is 2.26. The van der Waals surface area contributed by atoms with Gasteiger partial charge in [-0.15, -0.1) is 11.3 Å². The summed E-state index contributed by atoms with van der Waals surface area (Å²) in [5, 5.41) is 5.04. The van der Waals surface area contributed by atoms with Gasteiger partial charge in [-0.05, 0) is 42.3 Å². The fraction of sp³-hybridized carbons (Fsp3) is 0.136. The monoisotopic (exact) mass is 420 g/mol. The summed E-state index contributed by atoms with van der Waals surface area (Å²) >= 11 is 3.38.